The second-order valence-corrected chi connectivity index (χ2v) is 4.58. The number of hydrogen-bond donors (Lipinski definition) is 0. The lowest BCUT2D eigenvalue weighted by Gasteiger charge is -2.04. The first-order valence-electron chi connectivity index (χ1n) is 7.21. The predicted octanol–water partition coefficient (Wildman–Crippen LogP) is 4.98. The lowest BCUT2D eigenvalue weighted by atomic mass is 10.1. The normalized spacial score (nSPS) is 12.9. The van der Waals surface area contributed by atoms with Crippen LogP contribution in [0.5, 0.6) is 0 Å². The van der Waals surface area contributed by atoms with Crippen molar-refractivity contribution in [3.63, 3.8) is 0 Å². The van der Waals surface area contributed by atoms with Gasteiger partial charge in [0, 0.05) is 18.0 Å². The van der Waals surface area contributed by atoms with Crippen molar-refractivity contribution in [1.29, 1.82) is 0 Å². The number of rotatable bonds is 4. The van der Waals surface area contributed by atoms with Crippen LogP contribution in [0, 0.1) is 0 Å². The molecule has 0 aliphatic carbocycles. The molecule has 0 amide bonds. The monoisotopic (exact) mass is 276 g/mol. The number of allylic oxidation sites excluding steroid dienone is 1. The second-order valence-electron chi connectivity index (χ2n) is 4.58. The van der Waals surface area contributed by atoms with Crippen molar-refractivity contribution in [2.75, 3.05) is 0 Å². The zero-order valence-corrected chi connectivity index (χ0v) is 12.5. The van der Waals surface area contributed by atoms with E-state index in [-0.39, 0.29) is 0 Å². The largest absolute Gasteiger partial charge is 0.241 e. The van der Waals surface area contributed by atoms with E-state index in [0.717, 1.165) is 17.8 Å². The molecule has 2 heteroatoms. The summed E-state index contributed by atoms with van der Waals surface area (Å²) < 4.78 is 0. The molecule has 0 aliphatic rings. The lowest BCUT2D eigenvalue weighted by molar-refractivity contribution is 1.22. The zero-order chi connectivity index (χ0) is 14.9. The molecule has 0 radical (unpaired) electrons. The molecule has 0 aliphatic heterocycles. The molecule has 0 aromatic heterocycles. The summed E-state index contributed by atoms with van der Waals surface area (Å²) in [5.41, 5.74) is 3.43. The van der Waals surface area contributed by atoms with Crippen LogP contribution in [0.25, 0.3) is 5.57 Å². The zero-order valence-electron chi connectivity index (χ0n) is 12.5. The smallest absolute Gasteiger partial charge is 0.158 e. The van der Waals surface area contributed by atoms with Crippen molar-refractivity contribution < 1.29 is 0 Å². The lowest BCUT2D eigenvalue weighted by Crippen LogP contribution is -1.96. The maximum atomic E-state index is 4.59. The molecular weight excluding hydrogens is 256 g/mol. The number of nitrogens with zero attached hydrogens (tertiary/aromatic N) is 2. The molecule has 2 nitrogen and oxygen atoms in total. The van der Waals surface area contributed by atoms with E-state index in [2.05, 4.69) is 29.0 Å². The first-order chi connectivity index (χ1) is 10.3. The fourth-order valence-electron chi connectivity index (χ4n) is 2.05. The van der Waals surface area contributed by atoms with Gasteiger partial charge in [-0.3, -0.25) is 0 Å². The van der Waals surface area contributed by atoms with Gasteiger partial charge >= 0.3 is 0 Å². The fourth-order valence-corrected chi connectivity index (χ4v) is 2.05. The quantitative estimate of drug-likeness (QED) is 0.556. The van der Waals surface area contributed by atoms with Crippen LogP contribution in [-0.4, -0.2) is 12.1 Å². The van der Waals surface area contributed by atoms with Crippen LogP contribution in [0.1, 0.15) is 31.4 Å². The number of aliphatic imine (C=N–C) groups is 2. The Morgan fingerprint density at radius 3 is 2.00 bits per heavy atom. The Kier molecular flexibility index (Phi) is 5.65. The molecule has 0 saturated heterocycles. The standard InChI is InChI=1S/C19H20N2/c1-3-16(17-11-7-5-8-12-17)15-21-19(20-4-2)18-13-9-6-10-14-18/h4-15H,3H2,1-2H3. The van der Waals surface area contributed by atoms with Gasteiger partial charge in [0.15, 0.2) is 5.84 Å². The highest BCUT2D eigenvalue weighted by Gasteiger charge is 2.01. The third kappa shape index (κ3) is 4.25. The highest BCUT2D eigenvalue weighted by Crippen LogP contribution is 2.18. The van der Waals surface area contributed by atoms with E-state index < -0.39 is 0 Å². The minimum absolute atomic E-state index is 0.736. The van der Waals surface area contributed by atoms with Crippen LogP contribution in [0.15, 0.2) is 76.8 Å². The van der Waals surface area contributed by atoms with E-state index in [0.29, 0.717) is 0 Å². The summed E-state index contributed by atoms with van der Waals surface area (Å²) in [5, 5.41) is 0. The van der Waals surface area contributed by atoms with Crippen LogP contribution in [-0.2, 0) is 0 Å². The molecule has 0 atom stereocenters. The van der Waals surface area contributed by atoms with Crippen molar-refractivity contribution in [2.24, 2.45) is 9.98 Å². The summed E-state index contributed by atoms with van der Waals surface area (Å²) in [5.74, 6) is 0.736. The fraction of sp³-hybridized carbons (Fsp3) is 0.158. The van der Waals surface area contributed by atoms with Crippen LogP contribution >= 0.6 is 0 Å². The summed E-state index contributed by atoms with van der Waals surface area (Å²) in [6.45, 7) is 4.04. The SMILES string of the molecule is CC=NC(=NC=C(CC)c1ccccc1)c1ccccc1. The molecule has 21 heavy (non-hydrogen) atoms. The van der Waals surface area contributed by atoms with Crippen molar-refractivity contribution in [3.05, 3.63) is 78.0 Å². The molecule has 0 spiro atoms. The van der Waals surface area contributed by atoms with E-state index in [1.807, 2.05) is 61.7 Å². The van der Waals surface area contributed by atoms with E-state index in [1.54, 1.807) is 6.21 Å². The Hall–Kier alpha value is -2.48. The predicted molar refractivity (Wildman–Crippen MR) is 91.9 cm³/mol. The van der Waals surface area contributed by atoms with Crippen molar-refractivity contribution in [2.45, 2.75) is 20.3 Å². The molecule has 106 valence electrons. The Morgan fingerprint density at radius 2 is 1.48 bits per heavy atom. The molecule has 0 bridgehead atoms. The Balaban J connectivity index is 2.36. The van der Waals surface area contributed by atoms with Gasteiger partial charge in [0.25, 0.3) is 0 Å². The van der Waals surface area contributed by atoms with Gasteiger partial charge in [-0.15, -0.1) is 0 Å². The van der Waals surface area contributed by atoms with E-state index >= 15 is 0 Å². The maximum absolute atomic E-state index is 4.59. The summed E-state index contributed by atoms with van der Waals surface area (Å²) in [6.07, 6.45) is 4.63. The Labute approximate surface area is 126 Å². The van der Waals surface area contributed by atoms with Crippen LogP contribution in [0.4, 0.5) is 0 Å². The molecule has 2 aromatic carbocycles. The highest BCUT2D eigenvalue weighted by atomic mass is 14.9. The van der Waals surface area contributed by atoms with Gasteiger partial charge in [-0.25, -0.2) is 9.98 Å². The van der Waals surface area contributed by atoms with E-state index in [4.69, 9.17) is 0 Å². The van der Waals surface area contributed by atoms with Crippen LogP contribution in [0.3, 0.4) is 0 Å². The third-order valence-corrected chi connectivity index (χ3v) is 3.15. The first kappa shape index (κ1) is 14.9. The molecule has 2 aromatic rings. The third-order valence-electron chi connectivity index (χ3n) is 3.15. The minimum Gasteiger partial charge on any atom is -0.241 e. The molecule has 0 unspecified atom stereocenters. The average Bonchev–Trinajstić information content (AvgIpc) is 2.56. The summed E-state index contributed by atoms with van der Waals surface area (Å²) >= 11 is 0. The number of amidine groups is 1. The second kappa shape index (κ2) is 7.95. The Bertz CT molecular complexity index is 638. The molecule has 0 fully saturated rings. The topological polar surface area (TPSA) is 24.7 Å². The Morgan fingerprint density at radius 1 is 0.905 bits per heavy atom. The van der Waals surface area contributed by atoms with Crippen molar-refractivity contribution in [1.82, 2.24) is 0 Å². The maximum Gasteiger partial charge on any atom is 0.158 e. The summed E-state index contributed by atoms with van der Waals surface area (Å²) in [4.78, 5) is 8.96. The first-order valence-corrected chi connectivity index (χ1v) is 7.21. The van der Waals surface area contributed by atoms with Crippen LogP contribution in [0.2, 0.25) is 0 Å². The van der Waals surface area contributed by atoms with Gasteiger partial charge in [0.1, 0.15) is 0 Å². The van der Waals surface area contributed by atoms with Gasteiger partial charge in [0.05, 0.1) is 0 Å². The van der Waals surface area contributed by atoms with E-state index in [1.165, 1.54) is 11.1 Å². The van der Waals surface area contributed by atoms with E-state index in [9.17, 15) is 0 Å². The van der Waals surface area contributed by atoms with Gasteiger partial charge in [0.2, 0.25) is 0 Å². The number of benzene rings is 2. The van der Waals surface area contributed by atoms with Crippen LogP contribution < -0.4 is 0 Å². The highest BCUT2D eigenvalue weighted by molar-refractivity contribution is 6.03. The van der Waals surface area contributed by atoms with Gasteiger partial charge < -0.3 is 0 Å². The van der Waals surface area contributed by atoms with Crippen molar-refractivity contribution >= 4 is 17.6 Å². The van der Waals surface area contributed by atoms with Crippen molar-refractivity contribution in [3.8, 4) is 0 Å². The molecule has 2 rings (SSSR count). The molecule has 0 N–H and O–H groups in total. The van der Waals surface area contributed by atoms with Gasteiger partial charge in [-0.1, -0.05) is 67.6 Å². The molecule has 0 saturated carbocycles. The molecule has 0 heterocycles. The van der Waals surface area contributed by atoms with Gasteiger partial charge in [-0.05, 0) is 24.5 Å². The average molecular weight is 276 g/mol. The summed E-state index contributed by atoms with van der Waals surface area (Å²) in [6, 6.07) is 20.4. The molecular formula is C19H20N2. The number of hydrogen-bond acceptors (Lipinski definition) is 1. The minimum atomic E-state index is 0.736. The summed E-state index contributed by atoms with van der Waals surface area (Å²) in [7, 11) is 0. The van der Waals surface area contributed by atoms with Gasteiger partial charge in [-0.2, -0.15) is 0 Å².